The second-order valence-electron chi connectivity index (χ2n) is 6.85. The van der Waals surface area contributed by atoms with Crippen LogP contribution in [0.1, 0.15) is 36.6 Å². The average molecular weight is 373 g/mol. The van der Waals surface area contributed by atoms with Crippen LogP contribution in [-0.4, -0.2) is 43.3 Å². The summed E-state index contributed by atoms with van der Waals surface area (Å²) in [5, 5.41) is 3.90. The molecule has 4 rings (SSSR count). The third-order valence-electron chi connectivity index (χ3n) is 4.52. The number of aromatic nitrogens is 1. The highest BCUT2D eigenvalue weighted by atomic mass is 32.1. The molecule has 0 aliphatic carbocycles. The van der Waals surface area contributed by atoms with Crippen LogP contribution in [0, 0.1) is 0 Å². The van der Waals surface area contributed by atoms with Gasteiger partial charge in [0.15, 0.2) is 5.13 Å². The number of hydrogen-bond acceptors (Lipinski definition) is 6. The van der Waals surface area contributed by atoms with E-state index in [1.54, 1.807) is 11.3 Å². The fourth-order valence-corrected chi connectivity index (χ4v) is 4.54. The molecular weight excluding hydrogens is 350 g/mol. The van der Waals surface area contributed by atoms with Gasteiger partial charge in [-0.1, -0.05) is 23.5 Å². The molecule has 0 spiro atoms. The number of carbonyl (C=O) groups is 1. The van der Waals surface area contributed by atoms with E-state index in [0.717, 1.165) is 34.4 Å². The smallest absolute Gasteiger partial charge is 0.226 e. The number of ether oxygens (including phenoxy) is 2. The van der Waals surface area contributed by atoms with E-state index in [1.165, 1.54) is 0 Å². The molecular formula is C19H23N3O3S. The lowest BCUT2D eigenvalue weighted by Gasteiger charge is -2.26. The van der Waals surface area contributed by atoms with Gasteiger partial charge < -0.3 is 19.7 Å². The molecule has 138 valence electrons. The van der Waals surface area contributed by atoms with E-state index in [0.29, 0.717) is 25.5 Å². The fraction of sp³-hybridized carbons (Fsp3) is 0.474. The van der Waals surface area contributed by atoms with Crippen LogP contribution in [0.2, 0.25) is 0 Å². The normalized spacial score (nSPS) is 20.0. The molecule has 0 bridgehead atoms. The average Bonchev–Trinajstić information content (AvgIpc) is 3.05. The van der Waals surface area contributed by atoms with Crippen LogP contribution in [0.4, 0.5) is 10.9 Å². The van der Waals surface area contributed by atoms with Gasteiger partial charge >= 0.3 is 0 Å². The summed E-state index contributed by atoms with van der Waals surface area (Å²) in [5.41, 5.74) is 1.09. The Balaban J connectivity index is 1.66. The first-order valence-corrected chi connectivity index (χ1v) is 9.81. The minimum atomic E-state index is 0.0107. The lowest BCUT2D eigenvalue weighted by molar-refractivity contribution is -0.116. The zero-order chi connectivity index (χ0) is 18.1. The van der Waals surface area contributed by atoms with Crippen LogP contribution in [0.5, 0.6) is 5.75 Å². The molecule has 1 saturated heterocycles. The third kappa shape index (κ3) is 3.54. The molecule has 1 N–H and O–H groups in total. The van der Waals surface area contributed by atoms with Gasteiger partial charge in [-0.05, 0) is 31.5 Å². The van der Waals surface area contributed by atoms with Gasteiger partial charge in [-0.3, -0.25) is 4.79 Å². The Bertz CT molecular complexity index is 799. The van der Waals surface area contributed by atoms with E-state index < -0.39 is 0 Å². The van der Waals surface area contributed by atoms with Crippen molar-refractivity contribution in [3.05, 3.63) is 34.7 Å². The number of thiazole rings is 1. The summed E-state index contributed by atoms with van der Waals surface area (Å²) < 4.78 is 11.3. The van der Waals surface area contributed by atoms with Crippen molar-refractivity contribution in [3.8, 4) is 5.75 Å². The summed E-state index contributed by atoms with van der Waals surface area (Å²) in [6, 6.07) is 8.05. The van der Waals surface area contributed by atoms with E-state index in [2.05, 4.69) is 16.3 Å². The molecule has 2 aliphatic rings. The maximum absolute atomic E-state index is 12.2. The van der Waals surface area contributed by atoms with Crippen molar-refractivity contribution in [1.82, 2.24) is 4.98 Å². The topological polar surface area (TPSA) is 63.7 Å². The number of morpholine rings is 1. The number of carbonyl (C=O) groups excluding carboxylic acids is 1. The molecule has 1 amide bonds. The second kappa shape index (κ2) is 7.25. The van der Waals surface area contributed by atoms with Crippen LogP contribution in [-0.2, 0) is 9.53 Å². The Labute approximate surface area is 157 Å². The molecule has 1 aromatic carbocycles. The maximum Gasteiger partial charge on any atom is 0.226 e. The molecule has 7 heteroatoms. The molecule has 2 aromatic rings. The molecule has 1 fully saturated rings. The van der Waals surface area contributed by atoms with Crippen LogP contribution < -0.4 is 15.0 Å². The maximum atomic E-state index is 12.2. The zero-order valence-corrected chi connectivity index (χ0v) is 15.8. The molecule has 0 saturated carbocycles. The van der Waals surface area contributed by atoms with Crippen LogP contribution in [0.15, 0.2) is 24.3 Å². The Morgan fingerprint density at radius 1 is 1.35 bits per heavy atom. The molecule has 1 aromatic heterocycles. The minimum absolute atomic E-state index is 0.0107. The van der Waals surface area contributed by atoms with Crippen molar-refractivity contribution in [3.63, 3.8) is 0 Å². The SMILES string of the molecule is CC(C)Oc1cccc(C2CC(=O)Nc3nc(N4CCOCC4)sc32)c1. The summed E-state index contributed by atoms with van der Waals surface area (Å²) in [7, 11) is 0. The van der Waals surface area contributed by atoms with Crippen molar-refractivity contribution in [1.29, 1.82) is 0 Å². The standard InChI is InChI=1S/C19H23N3O3S/c1-12(2)25-14-5-3-4-13(10-14)15-11-16(23)20-18-17(15)26-19(21-18)22-6-8-24-9-7-22/h3-5,10,12,15H,6-9,11H2,1-2H3,(H,20,23). The van der Waals surface area contributed by atoms with Crippen molar-refractivity contribution < 1.29 is 14.3 Å². The highest BCUT2D eigenvalue weighted by Crippen LogP contribution is 2.43. The number of fused-ring (bicyclic) bond motifs is 1. The zero-order valence-electron chi connectivity index (χ0n) is 15.0. The highest BCUT2D eigenvalue weighted by molar-refractivity contribution is 7.16. The van der Waals surface area contributed by atoms with Crippen molar-refractivity contribution in [2.75, 3.05) is 36.5 Å². The second-order valence-corrected chi connectivity index (χ2v) is 7.86. The summed E-state index contributed by atoms with van der Waals surface area (Å²) >= 11 is 1.67. The molecule has 1 unspecified atom stereocenters. The molecule has 0 radical (unpaired) electrons. The van der Waals surface area contributed by atoms with E-state index in [9.17, 15) is 4.79 Å². The Kier molecular flexibility index (Phi) is 4.82. The van der Waals surface area contributed by atoms with Gasteiger partial charge in [-0.15, -0.1) is 0 Å². The van der Waals surface area contributed by atoms with Crippen molar-refractivity contribution in [2.24, 2.45) is 0 Å². The summed E-state index contributed by atoms with van der Waals surface area (Å²) in [6.07, 6.45) is 0.551. The van der Waals surface area contributed by atoms with Gasteiger partial charge in [0.2, 0.25) is 5.91 Å². The van der Waals surface area contributed by atoms with E-state index in [-0.39, 0.29) is 17.9 Å². The predicted octanol–water partition coefficient (Wildman–Crippen LogP) is 3.24. The Hall–Kier alpha value is -2.12. The molecule has 6 nitrogen and oxygen atoms in total. The summed E-state index contributed by atoms with van der Waals surface area (Å²) in [6.45, 7) is 7.13. The van der Waals surface area contributed by atoms with E-state index >= 15 is 0 Å². The van der Waals surface area contributed by atoms with Gasteiger partial charge in [0, 0.05) is 25.4 Å². The number of anilines is 2. The first-order chi connectivity index (χ1) is 12.6. The van der Waals surface area contributed by atoms with Gasteiger partial charge in [-0.2, -0.15) is 0 Å². The third-order valence-corrected chi connectivity index (χ3v) is 5.75. The minimum Gasteiger partial charge on any atom is -0.491 e. The number of amides is 1. The Morgan fingerprint density at radius 2 is 2.15 bits per heavy atom. The first kappa shape index (κ1) is 17.3. The van der Waals surface area contributed by atoms with Crippen molar-refractivity contribution >= 4 is 28.2 Å². The summed E-state index contributed by atoms with van der Waals surface area (Å²) in [5.74, 6) is 1.56. The number of nitrogens with one attached hydrogen (secondary N) is 1. The Morgan fingerprint density at radius 3 is 2.92 bits per heavy atom. The molecule has 26 heavy (non-hydrogen) atoms. The highest BCUT2D eigenvalue weighted by Gasteiger charge is 2.31. The van der Waals surface area contributed by atoms with Gasteiger partial charge in [0.25, 0.3) is 0 Å². The van der Waals surface area contributed by atoms with Gasteiger partial charge in [-0.25, -0.2) is 4.98 Å². The predicted molar refractivity (Wildman–Crippen MR) is 102 cm³/mol. The van der Waals surface area contributed by atoms with Gasteiger partial charge in [0.1, 0.15) is 11.6 Å². The fourth-order valence-electron chi connectivity index (χ4n) is 3.34. The number of benzene rings is 1. The van der Waals surface area contributed by atoms with E-state index in [1.807, 2.05) is 32.0 Å². The first-order valence-electron chi connectivity index (χ1n) is 9.00. The number of nitrogens with zero attached hydrogens (tertiary/aromatic N) is 2. The number of rotatable bonds is 4. The lowest BCUT2D eigenvalue weighted by atomic mass is 9.91. The van der Waals surface area contributed by atoms with E-state index in [4.69, 9.17) is 14.5 Å². The summed E-state index contributed by atoms with van der Waals surface area (Å²) in [4.78, 5) is 20.3. The molecule has 3 heterocycles. The van der Waals surface area contributed by atoms with Gasteiger partial charge in [0.05, 0.1) is 24.2 Å². The van der Waals surface area contributed by atoms with Crippen LogP contribution in [0.25, 0.3) is 0 Å². The lowest BCUT2D eigenvalue weighted by Crippen LogP contribution is -2.36. The van der Waals surface area contributed by atoms with Crippen molar-refractivity contribution in [2.45, 2.75) is 32.3 Å². The largest absolute Gasteiger partial charge is 0.491 e. The molecule has 1 atom stereocenters. The van der Waals surface area contributed by atoms with Crippen LogP contribution in [0.3, 0.4) is 0 Å². The quantitative estimate of drug-likeness (QED) is 0.891. The van der Waals surface area contributed by atoms with Crippen LogP contribution >= 0.6 is 11.3 Å². The number of hydrogen-bond donors (Lipinski definition) is 1. The monoisotopic (exact) mass is 373 g/mol. The molecule has 2 aliphatic heterocycles.